The number of benzene rings is 1. The van der Waals surface area contributed by atoms with Gasteiger partial charge in [0.05, 0.1) is 17.7 Å². The predicted molar refractivity (Wildman–Crippen MR) is 80.2 cm³/mol. The summed E-state index contributed by atoms with van der Waals surface area (Å²) in [5.74, 6) is 0.675. The highest BCUT2D eigenvalue weighted by Gasteiger charge is 2.49. The Hall–Kier alpha value is -2.06. The van der Waals surface area contributed by atoms with Gasteiger partial charge in [0.15, 0.2) is 0 Å². The zero-order chi connectivity index (χ0) is 16.1. The van der Waals surface area contributed by atoms with Crippen molar-refractivity contribution < 1.29 is 14.6 Å². The Balaban J connectivity index is 2.15. The van der Waals surface area contributed by atoms with Crippen LogP contribution >= 0.6 is 0 Å². The summed E-state index contributed by atoms with van der Waals surface area (Å²) in [5.41, 5.74) is 0.417. The van der Waals surface area contributed by atoms with Gasteiger partial charge < -0.3 is 14.7 Å². The van der Waals surface area contributed by atoms with Gasteiger partial charge in [-0.1, -0.05) is 0 Å². The highest BCUT2D eigenvalue weighted by molar-refractivity contribution is 5.79. The van der Waals surface area contributed by atoms with Gasteiger partial charge in [0, 0.05) is 18.0 Å². The number of carbonyl (C=O) groups is 1. The molecule has 3 atom stereocenters. The number of nitrogens with zero attached hydrogens (tertiary/aromatic N) is 2. The molecule has 2 aliphatic rings. The lowest BCUT2D eigenvalue weighted by molar-refractivity contribution is -0.142. The van der Waals surface area contributed by atoms with Gasteiger partial charge >= 0.3 is 0 Å². The number of amides is 1. The van der Waals surface area contributed by atoms with Gasteiger partial charge in [0.1, 0.15) is 17.5 Å². The van der Waals surface area contributed by atoms with Gasteiger partial charge in [-0.15, -0.1) is 0 Å². The number of fused-ring (bicyclic) bond motifs is 1. The number of rotatable bonds is 1. The number of aliphatic hydroxyl groups excluding tert-OH is 1. The fraction of sp³-hybridized carbons (Fsp3) is 0.529. The van der Waals surface area contributed by atoms with Gasteiger partial charge in [-0.05, 0) is 45.4 Å². The third-order valence-electron chi connectivity index (χ3n) is 4.68. The van der Waals surface area contributed by atoms with Gasteiger partial charge in [0.2, 0.25) is 5.91 Å². The summed E-state index contributed by atoms with van der Waals surface area (Å²) in [5, 5.41) is 19.9. The van der Waals surface area contributed by atoms with Crippen molar-refractivity contribution in [3.8, 4) is 11.8 Å². The van der Waals surface area contributed by atoms with Crippen LogP contribution in [0.15, 0.2) is 18.2 Å². The molecule has 1 aromatic rings. The standard InChI is InChI=1S/C17H20N2O3/c1-10-4-7-14(20)19(10)15-12-8-11(9-18)5-6-13(12)22-17(2,3)16(15)21/h5-6,8,10,15-16,21H,4,7H2,1-3H3/t10-,15+,16-/m1/s1. The van der Waals surface area contributed by atoms with Crippen molar-refractivity contribution >= 4 is 5.91 Å². The summed E-state index contributed by atoms with van der Waals surface area (Å²) in [6.45, 7) is 5.63. The summed E-state index contributed by atoms with van der Waals surface area (Å²) < 4.78 is 5.89. The molecule has 2 heterocycles. The summed E-state index contributed by atoms with van der Waals surface area (Å²) in [4.78, 5) is 14.1. The highest BCUT2D eigenvalue weighted by atomic mass is 16.5. The number of carbonyl (C=O) groups excluding carboxylic acids is 1. The van der Waals surface area contributed by atoms with Crippen molar-refractivity contribution in [2.24, 2.45) is 0 Å². The quantitative estimate of drug-likeness (QED) is 0.862. The Labute approximate surface area is 130 Å². The predicted octanol–water partition coefficient (Wildman–Crippen LogP) is 2.14. The maximum atomic E-state index is 12.3. The molecule has 0 saturated carbocycles. The van der Waals surface area contributed by atoms with Gasteiger partial charge in [0.25, 0.3) is 0 Å². The van der Waals surface area contributed by atoms with E-state index in [1.807, 2.05) is 20.8 Å². The smallest absolute Gasteiger partial charge is 0.223 e. The van der Waals surface area contributed by atoms with Gasteiger partial charge in [-0.25, -0.2) is 0 Å². The van der Waals surface area contributed by atoms with E-state index in [2.05, 4.69) is 6.07 Å². The monoisotopic (exact) mass is 300 g/mol. The lowest BCUT2D eigenvalue weighted by Crippen LogP contribution is -2.55. The first-order valence-electron chi connectivity index (χ1n) is 7.57. The molecule has 0 aliphatic carbocycles. The molecule has 1 saturated heterocycles. The number of likely N-dealkylation sites (tertiary alicyclic amines) is 1. The molecule has 2 aliphatic heterocycles. The molecule has 1 aromatic carbocycles. The van der Waals surface area contributed by atoms with Crippen LogP contribution in [0.3, 0.4) is 0 Å². The van der Waals surface area contributed by atoms with Crippen LogP contribution < -0.4 is 4.74 Å². The SMILES string of the molecule is C[C@@H]1CCC(=O)N1[C@H]1c2cc(C#N)ccc2OC(C)(C)[C@@H]1O. The third kappa shape index (κ3) is 2.15. The molecule has 116 valence electrons. The summed E-state index contributed by atoms with van der Waals surface area (Å²) in [7, 11) is 0. The molecule has 22 heavy (non-hydrogen) atoms. The Kier molecular flexibility index (Phi) is 3.37. The second-order valence-corrected chi connectivity index (χ2v) is 6.65. The van der Waals surface area contributed by atoms with E-state index in [4.69, 9.17) is 10.00 Å². The largest absolute Gasteiger partial charge is 0.485 e. The van der Waals surface area contributed by atoms with Crippen molar-refractivity contribution in [1.82, 2.24) is 4.90 Å². The third-order valence-corrected chi connectivity index (χ3v) is 4.68. The van der Waals surface area contributed by atoms with E-state index >= 15 is 0 Å². The summed E-state index contributed by atoms with van der Waals surface area (Å²) >= 11 is 0. The average Bonchev–Trinajstić information content (AvgIpc) is 2.80. The number of aliphatic hydroxyl groups is 1. The van der Waals surface area contributed by atoms with Gasteiger partial charge in [-0.3, -0.25) is 4.79 Å². The fourth-order valence-corrected chi connectivity index (χ4v) is 3.41. The first kappa shape index (κ1) is 14.9. The summed E-state index contributed by atoms with van der Waals surface area (Å²) in [6.07, 6.45) is 0.439. The highest BCUT2D eigenvalue weighted by Crippen LogP contribution is 2.45. The molecular weight excluding hydrogens is 280 g/mol. The van der Waals surface area contributed by atoms with E-state index in [-0.39, 0.29) is 11.9 Å². The van der Waals surface area contributed by atoms with E-state index in [0.29, 0.717) is 23.3 Å². The lowest BCUT2D eigenvalue weighted by Gasteiger charge is -2.46. The Morgan fingerprint density at radius 3 is 2.77 bits per heavy atom. The number of hydrogen-bond donors (Lipinski definition) is 1. The Morgan fingerprint density at radius 2 is 2.18 bits per heavy atom. The van der Waals surface area contributed by atoms with Crippen LogP contribution in [0, 0.1) is 11.3 Å². The molecular formula is C17H20N2O3. The molecule has 0 unspecified atom stereocenters. The van der Waals surface area contributed by atoms with E-state index in [1.165, 1.54) is 0 Å². The van der Waals surface area contributed by atoms with E-state index in [0.717, 1.165) is 6.42 Å². The molecule has 5 nitrogen and oxygen atoms in total. The first-order chi connectivity index (χ1) is 10.3. The second-order valence-electron chi connectivity index (χ2n) is 6.65. The van der Waals surface area contributed by atoms with Crippen LogP contribution in [-0.4, -0.2) is 33.7 Å². The van der Waals surface area contributed by atoms with Crippen molar-refractivity contribution in [2.75, 3.05) is 0 Å². The minimum absolute atomic E-state index is 0.0440. The first-order valence-corrected chi connectivity index (χ1v) is 7.57. The molecule has 3 rings (SSSR count). The van der Waals surface area contributed by atoms with Crippen molar-refractivity contribution in [3.63, 3.8) is 0 Å². The molecule has 0 spiro atoms. The van der Waals surface area contributed by atoms with Crippen LogP contribution in [0.2, 0.25) is 0 Å². The lowest BCUT2D eigenvalue weighted by atomic mass is 9.84. The van der Waals surface area contributed by atoms with Crippen LogP contribution in [0.1, 0.15) is 50.8 Å². The molecule has 0 aromatic heterocycles. The molecule has 0 bridgehead atoms. The Bertz CT molecular complexity index is 662. The number of ether oxygens (including phenoxy) is 1. The fourth-order valence-electron chi connectivity index (χ4n) is 3.41. The summed E-state index contributed by atoms with van der Waals surface area (Å²) in [6, 6.07) is 6.86. The zero-order valence-electron chi connectivity index (χ0n) is 13.0. The van der Waals surface area contributed by atoms with Crippen LogP contribution in [0.5, 0.6) is 5.75 Å². The van der Waals surface area contributed by atoms with Crippen LogP contribution in [0.25, 0.3) is 0 Å². The van der Waals surface area contributed by atoms with Crippen molar-refractivity contribution in [3.05, 3.63) is 29.3 Å². The van der Waals surface area contributed by atoms with Crippen LogP contribution in [0.4, 0.5) is 0 Å². The second kappa shape index (κ2) is 4.99. The van der Waals surface area contributed by atoms with Gasteiger partial charge in [-0.2, -0.15) is 5.26 Å². The maximum absolute atomic E-state index is 12.3. The Morgan fingerprint density at radius 1 is 1.45 bits per heavy atom. The minimum Gasteiger partial charge on any atom is -0.485 e. The molecule has 5 heteroatoms. The van der Waals surface area contributed by atoms with E-state index < -0.39 is 17.7 Å². The average molecular weight is 300 g/mol. The molecule has 0 radical (unpaired) electrons. The zero-order valence-corrected chi connectivity index (χ0v) is 13.0. The normalized spacial score (nSPS) is 29.7. The van der Waals surface area contributed by atoms with E-state index in [1.54, 1.807) is 23.1 Å². The topological polar surface area (TPSA) is 73.6 Å². The number of hydrogen-bond acceptors (Lipinski definition) is 4. The minimum atomic E-state index is -0.849. The number of nitriles is 1. The molecule has 1 N–H and O–H groups in total. The molecule has 1 amide bonds. The van der Waals surface area contributed by atoms with Crippen molar-refractivity contribution in [1.29, 1.82) is 5.26 Å². The van der Waals surface area contributed by atoms with E-state index in [9.17, 15) is 9.90 Å². The van der Waals surface area contributed by atoms with Crippen molar-refractivity contribution in [2.45, 2.75) is 57.4 Å². The van der Waals surface area contributed by atoms with Crippen LogP contribution in [-0.2, 0) is 4.79 Å². The maximum Gasteiger partial charge on any atom is 0.223 e. The molecule has 1 fully saturated rings.